The lowest BCUT2D eigenvalue weighted by Crippen LogP contribution is -2.53. The third kappa shape index (κ3) is 2.98. The smallest absolute Gasteiger partial charge is 0.268 e. The van der Waals surface area contributed by atoms with E-state index in [1.165, 1.54) is 16.2 Å². The van der Waals surface area contributed by atoms with Crippen molar-refractivity contribution in [1.82, 2.24) is 14.9 Å². The van der Waals surface area contributed by atoms with Crippen LogP contribution < -0.4 is 11.3 Å². The van der Waals surface area contributed by atoms with Crippen LogP contribution in [0.2, 0.25) is 0 Å². The number of aromatic amines is 1. The number of hydrogen-bond acceptors (Lipinski definition) is 5. The van der Waals surface area contributed by atoms with Gasteiger partial charge >= 0.3 is 0 Å². The molecule has 0 aromatic carbocycles. The van der Waals surface area contributed by atoms with Crippen LogP contribution in [0.4, 0.5) is 0 Å². The molecule has 0 saturated carbocycles. The molecule has 0 spiro atoms. The number of aromatic nitrogens is 2. The molecule has 2 rings (SSSR count). The molecule has 0 aliphatic rings. The maximum atomic E-state index is 12.4. The van der Waals surface area contributed by atoms with E-state index in [2.05, 4.69) is 9.97 Å². The van der Waals surface area contributed by atoms with Gasteiger partial charge in [-0.3, -0.25) is 9.59 Å². The van der Waals surface area contributed by atoms with Crippen LogP contribution in [0, 0.1) is 0 Å². The molecule has 6 nitrogen and oxygen atoms in total. The first-order valence-electron chi connectivity index (χ1n) is 6.92. The summed E-state index contributed by atoms with van der Waals surface area (Å²) in [6, 6.07) is 1.80. The van der Waals surface area contributed by atoms with Crippen LogP contribution in [0.15, 0.2) is 16.2 Å². The summed E-state index contributed by atoms with van der Waals surface area (Å²) >= 11 is 1.35. The second kappa shape index (κ2) is 5.95. The van der Waals surface area contributed by atoms with Crippen LogP contribution in [-0.4, -0.2) is 33.4 Å². The van der Waals surface area contributed by atoms with E-state index >= 15 is 0 Å². The number of amides is 1. The maximum absolute atomic E-state index is 12.4. The molecule has 2 aromatic heterocycles. The molecule has 114 valence electrons. The van der Waals surface area contributed by atoms with Crippen molar-refractivity contribution < 1.29 is 4.79 Å². The van der Waals surface area contributed by atoms with Crippen LogP contribution in [0.3, 0.4) is 0 Å². The van der Waals surface area contributed by atoms with E-state index in [1.54, 1.807) is 13.1 Å². The fraction of sp³-hybridized carbons (Fsp3) is 0.500. The molecule has 0 aliphatic heterocycles. The van der Waals surface area contributed by atoms with Gasteiger partial charge in [-0.2, -0.15) is 0 Å². The minimum absolute atomic E-state index is 0.138. The predicted octanol–water partition coefficient (Wildman–Crippen LogP) is 1.46. The van der Waals surface area contributed by atoms with Gasteiger partial charge < -0.3 is 15.6 Å². The van der Waals surface area contributed by atoms with Crippen molar-refractivity contribution in [1.29, 1.82) is 0 Å². The lowest BCUT2D eigenvalue weighted by Gasteiger charge is -2.30. The summed E-state index contributed by atoms with van der Waals surface area (Å²) in [5.41, 5.74) is 5.74. The lowest BCUT2D eigenvalue weighted by molar-refractivity contribution is -0.136. The summed E-state index contributed by atoms with van der Waals surface area (Å²) < 4.78 is 0.600. The van der Waals surface area contributed by atoms with Gasteiger partial charge in [0.15, 0.2) is 0 Å². The molecule has 0 bridgehead atoms. The van der Waals surface area contributed by atoms with E-state index in [0.29, 0.717) is 28.9 Å². The summed E-state index contributed by atoms with van der Waals surface area (Å²) in [5, 5.41) is 1.82. The minimum atomic E-state index is -0.860. The van der Waals surface area contributed by atoms with E-state index in [9.17, 15) is 9.59 Å². The molecular weight excluding hydrogens is 288 g/mol. The number of carbonyl (C=O) groups is 1. The normalized spacial score (nSPS) is 11.8. The Morgan fingerprint density at radius 3 is 2.76 bits per heavy atom. The molecule has 0 radical (unpaired) electrons. The molecule has 0 fully saturated rings. The highest BCUT2D eigenvalue weighted by Crippen LogP contribution is 2.17. The zero-order chi connectivity index (χ0) is 15.6. The topological polar surface area (TPSA) is 92.1 Å². The first-order chi connectivity index (χ1) is 9.91. The van der Waals surface area contributed by atoms with Crippen molar-refractivity contribution in [3.8, 4) is 0 Å². The Kier molecular flexibility index (Phi) is 4.43. The number of rotatable bonds is 5. The minimum Gasteiger partial charge on any atom is -0.337 e. The summed E-state index contributed by atoms with van der Waals surface area (Å²) in [7, 11) is 1.67. The SMILES string of the molecule is CCC(N)(CC)C(=O)N(C)Cc1nc2ccsc2c(=O)[nH]1. The van der Waals surface area contributed by atoms with Gasteiger partial charge in [0.1, 0.15) is 10.5 Å². The van der Waals surface area contributed by atoms with Gasteiger partial charge in [0.2, 0.25) is 5.91 Å². The number of nitrogens with one attached hydrogen (secondary N) is 1. The van der Waals surface area contributed by atoms with Gasteiger partial charge in [-0.05, 0) is 24.3 Å². The number of nitrogens with two attached hydrogens (primary N) is 1. The van der Waals surface area contributed by atoms with Crippen LogP contribution >= 0.6 is 11.3 Å². The standard InChI is InChI=1S/C14H20N4O2S/c1-4-14(15,5-2)13(20)18(3)8-10-16-9-6-7-21-11(9)12(19)17-10/h6-7H,4-5,8,15H2,1-3H3,(H,16,17,19). The quantitative estimate of drug-likeness (QED) is 0.874. The molecule has 3 N–H and O–H groups in total. The molecule has 2 aromatic rings. The van der Waals surface area contributed by atoms with Gasteiger partial charge in [-0.1, -0.05) is 13.8 Å². The van der Waals surface area contributed by atoms with Gasteiger partial charge in [0.05, 0.1) is 17.6 Å². The second-order valence-electron chi connectivity index (χ2n) is 5.17. The predicted molar refractivity (Wildman–Crippen MR) is 84.2 cm³/mol. The zero-order valence-corrected chi connectivity index (χ0v) is 13.3. The Morgan fingerprint density at radius 2 is 2.14 bits per heavy atom. The van der Waals surface area contributed by atoms with Gasteiger partial charge in [-0.15, -0.1) is 11.3 Å². The average molecular weight is 308 g/mol. The van der Waals surface area contributed by atoms with Gasteiger partial charge in [-0.25, -0.2) is 4.98 Å². The molecule has 0 atom stereocenters. The molecule has 1 amide bonds. The largest absolute Gasteiger partial charge is 0.337 e. The van der Waals surface area contributed by atoms with E-state index in [-0.39, 0.29) is 18.0 Å². The van der Waals surface area contributed by atoms with E-state index < -0.39 is 5.54 Å². The molecular formula is C14H20N4O2S. The van der Waals surface area contributed by atoms with Crippen molar-refractivity contribution in [2.75, 3.05) is 7.05 Å². The first-order valence-corrected chi connectivity index (χ1v) is 7.80. The number of carbonyl (C=O) groups excluding carboxylic acids is 1. The van der Waals surface area contributed by atoms with Crippen LogP contribution in [0.25, 0.3) is 10.2 Å². The van der Waals surface area contributed by atoms with E-state index in [1.807, 2.05) is 19.2 Å². The number of fused-ring (bicyclic) bond motifs is 1. The first kappa shape index (κ1) is 15.7. The number of H-pyrrole nitrogens is 1. The fourth-order valence-electron chi connectivity index (χ4n) is 2.23. The highest BCUT2D eigenvalue weighted by Gasteiger charge is 2.32. The van der Waals surface area contributed by atoms with Crippen molar-refractivity contribution in [3.63, 3.8) is 0 Å². The highest BCUT2D eigenvalue weighted by molar-refractivity contribution is 7.17. The van der Waals surface area contributed by atoms with E-state index in [0.717, 1.165) is 0 Å². The number of nitrogens with zero attached hydrogens (tertiary/aromatic N) is 2. The van der Waals surface area contributed by atoms with E-state index in [4.69, 9.17) is 5.73 Å². The number of hydrogen-bond donors (Lipinski definition) is 2. The van der Waals surface area contributed by atoms with Crippen LogP contribution in [0.5, 0.6) is 0 Å². The van der Waals surface area contributed by atoms with Gasteiger partial charge in [0.25, 0.3) is 5.56 Å². The molecule has 7 heteroatoms. The van der Waals surface area contributed by atoms with Crippen molar-refractivity contribution >= 4 is 27.5 Å². The van der Waals surface area contributed by atoms with Crippen molar-refractivity contribution in [2.24, 2.45) is 5.73 Å². The Balaban J connectivity index is 2.23. The van der Waals surface area contributed by atoms with Crippen LogP contribution in [0.1, 0.15) is 32.5 Å². The Bertz CT molecular complexity index is 702. The van der Waals surface area contributed by atoms with Gasteiger partial charge in [0, 0.05) is 7.05 Å². The summed E-state index contributed by atoms with van der Waals surface area (Å²) in [6.07, 6.45) is 1.14. The molecule has 2 heterocycles. The molecule has 21 heavy (non-hydrogen) atoms. The lowest BCUT2D eigenvalue weighted by atomic mass is 9.92. The van der Waals surface area contributed by atoms with Crippen LogP contribution in [-0.2, 0) is 11.3 Å². The Labute approximate surface area is 127 Å². The highest BCUT2D eigenvalue weighted by atomic mass is 32.1. The third-order valence-corrected chi connectivity index (χ3v) is 4.69. The summed E-state index contributed by atoms with van der Waals surface area (Å²) in [5.74, 6) is 0.330. The Morgan fingerprint density at radius 1 is 1.48 bits per heavy atom. The average Bonchev–Trinajstić information content (AvgIpc) is 2.94. The molecule has 0 saturated heterocycles. The monoisotopic (exact) mass is 308 g/mol. The molecule has 0 unspecified atom stereocenters. The number of likely N-dealkylation sites (N-methyl/N-ethyl adjacent to an activating group) is 1. The second-order valence-corrected chi connectivity index (χ2v) is 6.09. The zero-order valence-electron chi connectivity index (χ0n) is 12.5. The summed E-state index contributed by atoms with van der Waals surface area (Å²) in [6.45, 7) is 4.03. The fourth-order valence-corrected chi connectivity index (χ4v) is 2.95. The van der Waals surface area contributed by atoms with Crippen molar-refractivity contribution in [3.05, 3.63) is 27.6 Å². The maximum Gasteiger partial charge on any atom is 0.268 e. The van der Waals surface area contributed by atoms with Crippen molar-refractivity contribution in [2.45, 2.75) is 38.8 Å². The summed E-state index contributed by atoms with van der Waals surface area (Å²) in [4.78, 5) is 32.9. The third-order valence-electron chi connectivity index (χ3n) is 3.79. The Hall–Kier alpha value is -1.73. The molecule has 0 aliphatic carbocycles. The number of thiophene rings is 1.